The second kappa shape index (κ2) is 3.86. The van der Waals surface area contributed by atoms with Crippen LogP contribution in [-0.4, -0.2) is 10.9 Å². The molecule has 82 valence electrons. The van der Waals surface area contributed by atoms with Gasteiger partial charge >= 0.3 is 0 Å². The third-order valence-electron chi connectivity index (χ3n) is 3.58. The lowest BCUT2D eigenvalue weighted by atomic mass is 10.1. The number of hydrogen-bond acceptors (Lipinski definition) is 2. The van der Waals surface area contributed by atoms with Crippen molar-refractivity contribution >= 4 is 5.69 Å². The number of fused-ring (bicyclic) bond motifs is 1. The summed E-state index contributed by atoms with van der Waals surface area (Å²) >= 11 is 0. The van der Waals surface area contributed by atoms with E-state index in [9.17, 15) is 0 Å². The second-order valence-electron chi connectivity index (χ2n) is 4.87. The Morgan fingerprint density at radius 1 is 1.20 bits per heavy atom. The van der Waals surface area contributed by atoms with E-state index in [1.54, 1.807) is 0 Å². The lowest BCUT2D eigenvalue weighted by Crippen LogP contribution is -2.32. The van der Waals surface area contributed by atoms with E-state index in [2.05, 4.69) is 37.8 Å². The van der Waals surface area contributed by atoms with Gasteiger partial charge in [0.1, 0.15) is 0 Å². The summed E-state index contributed by atoms with van der Waals surface area (Å²) in [5.74, 6) is 0.695. The summed E-state index contributed by atoms with van der Waals surface area (Å²) in [6, 6.07) is 6.87. The highest BCUT2D eigenvalue weighted by atomic mass is 15.2. The Balaban J connectivity index is 2.19. The van der Waals surface area contributed by atoms with Gasteiger partial charge in [-0.25, -0.2) is 0 Å². The fraction of sp³-hybridized carbons (Fsp3) is 0.538. The highest BCUT2D eigenvalue weighted by Crippen LogP contribution is 2.30. The molecular formula is C13H20N2. The van der Waals surface area contributed by atoms with Crippen molar-refractivity contribution in [2.75, 3.05) is 5.73 Å². The smallest absolute Gasteiger partial charge is 0.0363 e. The van der Waals surface area contributed by atoms with E-state index in [4.69, 9.17) is 5.73 Å². The van der Waals surface area contributed by atoms with Gasteiger partial charge in [-0.2, -0.15) is 0 Å². The van der Waals surface area contributed by atoms with Gasteiger partial charge in [0.15, 0.2) is 0 Å². The van der Waals surface area contributed by atoms with E-state index in [0.29, 0.717) is 12.0 Å². The molecule has 0 spiro atoms. The molecule has 0 aliphatic carbocycles. The summed E-state index contributed by atoms with van der Waals surface area (Å²) in [6.07, 6.45) is 0. The number of rotatable bonds is 2. The zero-order valence-corrected chi connectivity index (χ0v) is 9.83. The van der Waals surface area contributed by atoms with Gasteiger partial charge in [0.25, 0.3) is 0 Å². The first-order chi connectivity index (χ1) is 7.09. The summed E-state index contributed by atoms with van der Waals surface area (Å²) in [7, 11) is 0. The Bertz CT molecular complexity index is 358. The first kappa shape index (κ1) is 10.5. The molecule has 0 aromatic heterocycles. The van der Waals surface area contributed by atoms with Crippen molar-refractivity contribution in [3.05, 3.63) is 29.3 Å². The van der Waals surface area contributed by atoms with Crippen LogP contribution in [-0.2, 0) is 13.1 Å². The molecule has 0 radical (unpaired) electrons. The van der Waals surface area contributed by atoms with Crippen LogP contribution >= 0.6 is 0 Å². The van der Waals surface area contributed by atoms with E-state index >= 15 is 0 Å². The number of hydrogen-bond donors (Lipinski definition) is 1. The maximum absolute atomic E-state index is 5.98. The molecule has 0 bridgehead atoms. The monoisotopic (exact) mass is 204 g/mol. The first-order valence-electron chi connectivity index (χ1n) is 5.70. The molecule has 2 nitrogen and oxygen atoms in total. The fourth-order valence-electron chi connectivity index (χ4n) is 2.18. The van der Waals surface area contributed by atoms with Crippen LogP contribution in [0.5, 0.6) is 0 Å². The normalized spacial score (nSPS) is 18.1. The predicted octanol–water partition coefficient (Wildman–Crippen LogP) is 2.63. The number of benzene rings is 1. The largest absolute Gasteiger partial charge is 0.398 e. The Labute approximate surface area is 92.1 Å². The molecular weight excluding hydrogens is 184 g/mol. The van der Waals surface area contributed by atoms with Crippen LogP contribution in [0.15, 0.2) is 18.2 Å². The van der Waals surface area contributed by atoms with E-state index < -0.39 is 0 Å². The highest BCUT2D eigenvalue weighted by Gasteiger charge is 2.25. The van der Waals surface area contributed by atoms with Crippen molar-refractivity contribution in [1.29, 1.82) is 0 Å². The molecule has 0 fully saturated rings. The molecule has 0 unspecified atom stereocenters. The number of nitrogens with two attached hydrogens (primary N) is 1. The molecule has 0 saturated carbocycles. The molecule has 1 heterocycles. The van der Waals surface area contributed by atoms with E-state index in [1.807, 2.05) is 6.07 Å². The average Bonchev–Trinajstić information content (AvgIpc) is 2.61. The van der Waals surface area contributed by atoms with Gasteiger partial charge in [-0.3, -0.25) is 4.90 Å². The van der Waals surface area contributed by atoms with E-state index in [1.165, 1.54) is 11.1 Å². The minimum atomic E-state index is 0.622. The molecule has 1 aliphatic heterocycles. The van der Waals surface area contributed by atoms with Gasteiger partial charge < -0.3 is 5.73 Å². The summed E-state index contributed by atoms with van der Waals surface area (Å²) < 4.78 is 0. The molecule has 0 amide bonds. The summed E-state index contributed by atoms with van der Waals surface area (Å²) in [6.45, 7) is 8.92. The average molecular weight is 204 g/mol. The van der Waals surface area contributed by atoms with E-state index in [0.717, 1.165) is 18.8 Å². The quantitative estimate of drug-likeness (QED) is 0.750. The number of nitrogen functional groups attached to an aromatic ring is 1. The molecule has 1 atom stereocenters. The van der Waals surface area contributed by atoms with Gasteiger partial charge in [-0.1, -0.05) is 26.0 Å². The summed E-state index contributed by atoms with van der Waals surface area (Å²) in [5, 5.41) is 0. The predicted molar refractivity (Wildman–Crippen MR) is 64.4 cm³/mol. The minimum absolute atomic E-state index is 0.622. The number of anilines is 1. The van der Waals surface area contributed by atoms with Crippen molar-refractivity contribution in [1.82, 2.24) is 4.90 Å². The van der Waals surface area contributed by atoms with Gasteiger partial charge in [0.05, 0.1) is 0 Å². The third kappa shape index (κ3) is 1.86. The van der Waals surface area contributed by atoms with Gasteiger partial charge in [-0.15, -0.1) is 0 Å². The third-order valence-corrected chi connectivity index (χ3v) is 3.58. The molecule has 2 rings (SSSR count). The van der Waals surface area contributed by atoms with Crippen LogP contribution in [0.3, 0.4) is 0 Å². The van der Waals surface area contributed by atoms with Crippen molar-refractivity contribution in [2.45, 2.75) is 39.9 Å². The lowest BCUT2D eigenvalue weighted by molar-refractivity contribution is 0.170. The second-order valence-corrected chi connectivity index (χ2v) is 4.87. The molecule has 0 saturated heterocycles. The SMILES string of the molecule is CC(C)[C@@H](C)N1Cc2cccc(N)c2C1. The fourth-order valence-corrected chi connectivity index (χ4v) is 2.18. The van der Waals surface area contributed by atoms with Crippen LogP contribution in [0.2, 0.25) is 0 Å². The molecule has 2 heteroatoms. The maximum Gasteiger partial charge on any atom is 0.0363 e. The number of nitrogens with zero attached hydrogens (tertiary/aromatic N) is 1. The summed E-state index contributed by atoms with van der Waals surface area (Å²) in [5.41, 5.74) is 9.68. The zero-order valence-electron chi connectivity index (χ0n) is 9.83. The van der Waals surface area contributed by atoms with Crippen molar-refractivity contribution < 1.29 is 0 Å². The lowest BCUT2D eigenvalue weighted by Gasteiger charge is -2.27. The van der Waals surface area contributed by atoms with Crippen LogP contribution in [0.1, 0.15) is 31.9 Å². The van der Waals surface area contributed by atoms with Crippen molar-refractivity contribution in [3.63, 3.8) is 0 Å². The van der Waals surface area contributed by atoms with Crippen LogP contribution < -0.4 is 5.73 Å². The van der Waals surface area contributed by atoms with Gasteiger partial charge in [0, 0.05) is 24.8 Å². The summed E-state index contributed by atoms with van der Waals surface area (Å²) in [4.78, 5) is 2.51. The molecule has 1 aromatic carbocycles. The molecule has 2 N–H and O–H groups in total. The Morgan fingerprint density at radius 2 is 1.93 bits per heavy atom. The standard InChI is InChI=1S/C13H20N2/c1-9(2)10(3)15-7-11-5-4-6-13(14)12(11)8-15/h4-6,9-10H,7-8,14H2,1-3H3/t10-/m1/s1. The van der Waals surface area contributed by atoms with Crippen molar-refractivity contribution in [3.8, 4) is 0 Å². The van der Waals surface area contributed by atoms with Crippen LogP contribution in [0.4, 0.5) is 5.69 Å². The van der Waals surface area contributed by atoms with Crippen LogP contribution in [0, 0.1) is 5.92 Å². The van der Waals surface area contributed by atoms with Crippen molar-refractivity contribution in [2.24, 2.45) is 5.92 Å². The minimum Gasteiger partial charge on any atom is -0.398 e. The van der Waals surface area contributed by atoms with Crippen LogP contribution in [0.25, 0.3) is 0 Å². The molecule has 15 heavy (non-hydrogen) atoms. The molecule has 1 aliphatic rings. The topological polar surface area (TPSA) is 29.3 Å². The maximum atomic E-state index is 5.98. The Hall–Kier alpha value is -1.02. The van der Waals surface area contributed by atoms with Gasteiger partial charge in [0.2, 0.25) is 0 Å². The first-order valence-corrected chi connectivity index (χ1v) is 5.70. The van der Waals surface area contributed by atoms with E-state index in [-0.39, 0.29) is 0 Å². The zero-order chi connectivity index (χ0) is 11.0. The Morgan fingerprint density at radius 3 is 2.53 bits per heavy atom. The Kier molecular flexibility index (Phi) is 2.70. The van der Waals surface area contributed by atoms with Gasteiger partial charge in [-0.05, 0) is 30.0 Å². The molecule has 1 aromatic rings. The highest BCUT2D eigenvalue weighted by molar-refractivity contribution is 5.52.